The number of nitrogens with one attached hydrogen (secondary N) is 2. The number of rotatable bonds is 10. The van der Waals surface area contributed by atoms with Crippen LogP contribution < -0.4 is 10.6 Å². The summed E-state index contributed by atoms with van der Waals surface area (Å²) in [7, 11) is 0. The summed E-state index contributed by atoms with van der Waals surface area (Å²) in [6.07, 6.45) is 1.43. The van der Waals surface area contributed by atoms with E-state index in [1.165, 1.54) is 4.90 Å². The molecule has 1 saturated heterocycles. The van der Waals surface area contributed by atoms with Crippen LogP contribution in [-0.4, -0.2) is 53.1 Å². The Morgan fingerprint density at radius 2 is 1.67 bits per heavy atom. The number of hydrogen-bond donors (Lipinski definition) is 3. The molecule has 2 atom stereocenters. The van der Waals surface area contributed by atoms with Gasteiger partial charge in [0.25, 0.3) is 5.91 Å². The molecule has 30 heavy (non-hydrogen) atoms. The molecule has 1 aliphatic rings. The lowest BCUT2D eigenvalue weighted by Gasteiger charge is -2.17. The zero-order valence-electron chi connectivity index (χ0n) is 16.8. The minimum atomic E-state index is -0.694. The van der Waals surface area contributed by atoms with E-state index in [9.17, 15) is 19.5 Å². The molecule has 0 radical (unpaired) electrons. The van der Waals surface area contributed by atoms with Gasteiger partial charge in [-0.2, -0.15) is 0 Å². The Labute approximate surface area is 176 Å². The average Bonchev–Trinajstić information content (AvgIpc) is 3.04. The summed E-state index contributed by atoms with van der Waals surface area (Å²) in [5.74, 6) is -0.554. The van der Waals surface area contributed by atoms with Crippen molar-refractivity contribution in [1.82, 2.24) is 15.5 Å². The first-order valence-electron chi connectivity index (χ1n) is 10.2. The summed E-state index contributed by atoms with van der Waals surface area (Å²) < 4.78 is 0. The van der Waals surface area contributed by atoms with Gasteiger partial charge in [-0.05, 0) is 30.4 Å². The molecule has 1 fully saturated rings. The van der Waals surface area contributed by atoms with Crippen LogP contribution in [0.4, 0.5) is 4.79 Å². The summed E-state index contributed by atoms with van der Waals surface area (Å²) in [4.78, 5) is 38.2. The van der Waals surface area contributed by atoms with E-state index in [1.807, 2.05) is 60.7 Å². The lowest BCUT2D eigenvalue weighted by molar-refractivity contribution is -0.127. The number of carbonyl (C=O) groups is 3. The number of benzene rings is 2. The van der Waals surface area contributed by atoms with E-state index in [1.54, 1.807) is 0 Å². The number of carbonyl (C=O) groups excluding carboxylic acids is 3. The number of amides is 4. The van der Waals surface area contributed by atoms with Crippen molar-refractivity contribution in [3.63, 3.8) is 0 Å². The molecule has 1 aliphatic heterocycles. The van der Waals surface area contributed by atoms with E-state index >= 15 is 0 Å². The second-order valence-electron chi connectivity index (χ2n) is 7.40. The second-order valence-corrected chi connectivity index (χ2v) is 7.40. The first-order valence-corrected chi connectivity index (χ1v) is 10.2. The number of hydrogen-bond acceptors (Lipinski definition) is 4. The summed E-state index contributed by atoms with van der Waals surface area (Å²) in [6, 6.07) is 17.7. The highest BCUT2D eigenvalue weighted by atomic mass is 16.3. The Bertz CT molecular complexity index is 857. The molecular weight excluding hydrogens is 382 g/mol. The van der Waals surface area contributed by atoms with Gasteiger partial charge in [0.15, 0.2) is 0 Å². The van der Waals surface area contributed by atoms with Crippen LogP contribution >= 0.6 is 0 Å². The Kier molecular flexibility index (Phi) is 7.57. The highest BCUT2D eigenvalue weighted by molar-refractivity contribution is 6.04. The lowest BCUT2D eigenvalue weighted by Crippen LogP contribution is -2.40. The zero-order valence-corrected chi connectivity index (χ0v) is 16.8. The number of aliphatic hydroxyl groups is 1. The molecule has 0 unspecified atom stereocenters. The molecule has 0 saturated carbocycles. The van der Waals surface area contributed by atoms with Crippen LogP contribution in [0.1, 0.15) is 24.0 Å². The first-order chi connectivity index (χ1) is 14.6. The maximum atomic E-state index is 12.5. The highest BCUT2D eigenvalue weighted by Gasteiger charge is 2.37. The van der Waals surface area contributed by atoms with Crippen LogP contribution in [0.2, 0.25) is 0 Å². The molecule has 0 aromatic heterocycles. The van der Waals surface area contributed by atoms with Gasteiger partial charge in [-0.25, -0.2) is 4.79 Å². The van der Waals surface area contributed by atoms with Crippen LogP contribution in [0.25, 0.3) is 0 Å². The van der Waals surface area contributed by atoms with Crippen molar-refractivity contribution in [1.29, 1.82) is 0 Å². The van der Waals surface area contributed by atoms with Gasteiger partial charge in [0.2, 0.25) is 5.91 Å². The van der Waals surface area contributed by atoms with Crippen LogP contribution in [-0.2, 0) is 22.4 Å². The summed E-state index contributed by atoms with van der Waals surface area (Å²) >= 11 is 0. The summed E-state index contributed by atoms with van der Waals surface area (Å²) in [5.41, 5.74) is 2.07. The monoisotopic (exact) mass is 409 g/mol. The molecule has 2 aromatic carbocycles. The Morgan fingerprint density at radius 3 is 2.30 bits per heavy atom. The van der Waals surface area contributed by atoms with E-state index < -0.39 is 18.1 Å². The molecule has 158 valence electrons. The van der Waals surface area contributed by atoms with E-state index in [0.717, 1.165) is 11.1 Å². The molecular formula is C23H27N3O4. The average molecular weight is 409 g/mol. The fourth-order valence-corrected chi connectivity index (χ4v) is 3.50. The van der Waals surface area contributed by atoms with Crippen molar-refractivity contribution < 1.29 is 19.5 Å². The van der Waals surface area contributed by atoms with Crippen molar-refractivity contribution in [3.8, 4) is 0 Å². The third-order valence-electron chi connectivity index (χ3n) is 5.14. The van der Waals surface area contributed by atoms with Gasteiger partial charge in [0.05, 0.1) is 12.6 Å². The maximum Gasteiger partial charge on any atom is 0.324 e. The van der Waals surface area contributed by atoms with Crippen molar-refractivity contribution >= 4 is 17.8 Å². The van der Waals surface area contributed by atoms with E-state index in [-0.39, 0.29) is 31.3 Å². The molecule has 0 bridgehead atoms. The largest absolute Gasteiger partial charge is 0.394 e. The molecule has 1 heterocycles. The van der Waals surface area contributed by atoms with Crippen molar-refractivity contribution in [2.45, 2.75) is 37.8 Å². The molecule has 2 aromatic rings. The summed E-state index contributed by atoms with van der Waals surface area (Å²) in [6.45, 7) is 0.133. The highest BCUT2D eigenvalue weighted by Crippen LogP contribution is 2.13. The third kappa shape index (κ3) is 5.90. The van der Waals surface area contributed by atoms with Crippen LogP contribution in [0.5, 0.6) is 0 Å². The van der Waals surface area contributed by atoms with Crippen molar-refractivity contribution in [2.24, 2.45) is 0 Å². The molecule has 3 rings (SSSR count). The number of imide groups is 1. The van der Waals surface area contributed by atoms with Crippen molar-refractivity contribution in [3.05, 3.63) is 71.8 Å². The minimum absolute atomic E-state index is 0.0918. The van der Waals surface area contributed by atoms with E-state index in [0.29, 0.717) is 19.4 Å². The van der Waals surface area contributed by atoms with Crippen LogP contribution in [0.3, 0.4) is 0 Å². The molecule has 0 aliphatic carbocycles. The standard InChI is InChI=1S/C23H27N3O4/c27-16-19(15-18-9-5-2-6-10-18)24-21(28)12-11-20-22(29)26(23(30)25-20)14-13-17-7-3-1-4-8-17/h1-10,19-20,27H,11-16H2,(H,24,28)(H,25,30)/t19-,20-/m0/s1. The number of nitrogens with zero attached hydrogens (tertiary/aromatic N) is 1. The quantitative estimate of drug-likeness (QED) is 0.520. The lowest BCUT2D eigenvalue weighted by atomic mass is 10.1. The fourth-order valence-electron chi connectivity index (χ4n) is 3.50. The predicted molar refractivity (Wildman–Crippen MR) is 113 cm³/mol. The first kappa shape index (κ1) is 21.5. The zero-order chi connectivity index (χ0) is 21.3. The normalized spacial score (nSPS) is 17.0. The molecule has 7 nitrogen and oxygen atoms in total. The smallest absolute Gasteiger partial charge is 0.324 e. The van der Waals surface area contributed by atoms with Gasteiger partial charge in [-0.1, -0.05) is 60.7 Å². The second kappa shape index (κ2) is 10.5. The molecule has 4 amide bonds. The minimum Gasteiger partial charge on any atom is -0.394 e. The topological polar surface area (TPSA) is 98.7 Å². The Morgan fingerprint density at radius 1 is 1.03 bits per heavy atom. The van der Waals surface area contributed by atoms with Gasteiger partial charge >= 0.3 is 6.03 Å². The molecule has 3 N–H and O–H groups in total. The van der Waals surface area contributed by atoms with E-state index in [4.69, 9.17) is 0 Å². The summed E-state index contributed by atoms with van der Waals surface area (Å²) in [5, 5.41) is 15.0. The predicted octanol–water partition coefficient (Wildman–Crippen LogP) is 1.65. The van der Waals surface area contributed by atoms with Gasteiger partial charge in [0, 0.05) is 13.0 Å². The maximum absolute atomic E-state index is 12.5. The SMILES string of the molecule is O=C(CC[C@@H]1NC(=O)N(CCc2ccccc2)C1=O)N[C@H](CO)Cc1ccccc1. The van der Waals surface area contributed by atoms with Gasteiger partial charge < -0.3 is 15.7 Å². The molecule has 7 heteroatoms. The Hall–Kier alpha value is -3.19. The Balaban J connectivity index is 1.45. The number of urea groups is 1. The number of aliphatic hydroxyl groups excluding tert-OH is 1. The van der Waals surface area contributed by atoms with Crippen LogP contribution in [0, 0.1) is 0 Å². The van der Waals surface area contributed by atoms with E-state index in [2.05, 4.69) is 10.6 Å². The van der Waals surface area contributed by atoms with Gasteiger partial charge in [-0.3, -0.25) is 14.5 Å². The van der Waals surface area contributed by atoms with Gasteiger partial charge in [-0.15, -0.1) is 0 Å². The third-order valence-corrected chi connectivity index (χ3v) is 5.14. The molecule has 0 spiro atoms. The van der Waals surface area contributed by atoms with Gasteiger partial charge in [0.1, 0.15) is 6.04 Å². The fraction of sp³-hybridized carbons (Fsp3) is 0.348. The van der Waals surface area contributed by atoms with Crippen molar-refractivity contribution in [2.75, 3.05) is 13.2 Å². The van der Waals surface area contributed by atoms with Crippen LogP contribution in [0.15, 0.2) is 60.7 Å².